The van der Waals surface area contributed by atoms with Gasteiger partial charge in [-0.05, 0) is 47.0 Å². The summed E-state index contributed by atoms with van der Waals surface area (Å²) in [4.78, 5) is 17.5. The Morgan fingerprint density at radius 2 is 1.47 bits per heavy atom. The minimum atomic E-state index is -3.99. The summed E-state index contributed by atoms with van der Waals surface area (Å²) in [5.41, 5.74) is 4.88. The zero-order chi connectivity index (χ0) is 25.1. The van der Waals surface area contributed by atoms with Gasteiger partial charge in [0.2, 0.25) is 0 Å². The lowest BCUT2D eigenvalue weighted by Gasteiger charge is -2.10. The van der Waals surface area contributed by atoms with Crippen LogP contribution in [0.25, 0.3) is 22.2 Å². The van der Waals surface area contributed by atoms with E-state index in [0.29, 0.717) is 23.4 Å². The molecule has 1 amide bonds. The maximum atomic E-state index is 12.8. The predicted molar refractivity (Wildman–Crippen MR) is 141 cm³/mol. The molecule has 0 aliphatic heterocycles. The lowest BCUT2D eigenvalue weighted by atomic mass is 10.0. The van der Waals surface area contributed by atoms with Crippen LogP contribution >= 0.6 is 11.6 Å². The number of imidazole rings is 1. The van der Waals surface area contributed by atoms with Crippen LogP contribution in [0.2, 0.25) is 0 Å². The number of rotatable bonds is 7. The van der Waals surface area contributed by atoms with Gasteiger partial charge in [-0.15, -0.1) is 11.6 Å². The zero-order valence-electron chi connectivity index (χ0n) is 19.1. The number of aromatic nitrogens is 2. The number of nitrogens with zero attached hydrogens (tertiary/aromatic N) is 2. The summed E-state index contributed by atoms with van der Waals surface area (Å²) in [5, 5.41) is 0. The van der Waals surface area contributed by atoms with E-state index >= 15 is 0 Å². The Morgan fingerprint density at radius 1 is 0.833 bits per heavy atom. The Bertz CT molecular complexity index is 1630. The van der Waals surface area contributed by atoms with Crippen molar-refractivity contribution in [3.63, 3.8) is 0 Å². The van der Waals surface area contributed by atoms with Crippen LogP contribution in [0.1, 0.15) is 21.7 Å². The highest BCUT2D eigenvalue weighted by atomic mass is 35.5. The van der Waals surface area contributed by atoms with Crippen molar-refractivity contribution in [2.75, 3.05) is 0 Å². The molecule has 180 valence electrons. The second-order valence-corrected chi connectivity index (χ2v) is 10.2. The van der Waals surface area contributed by atoms with Gasteiger partial charge in [0.1, 0.15) is 5.82 Å². The van der Waals surface area contributed by atoms with Crippen LogP contribution < -0.4 is 4.72 Å². The van der Waals surface area contributed by atoms with Crippen molar-refractivity contribution >= 4 is 38.6 Å². The molecule has 36 heavy (non-hydrogen) atoms. The van der Waals surface area contributed by atoms with E-state index < -0.39 is 15.9 Å². The minimum Gasteiger partial charge on any atom is -0.322 e. The minimum absolute atomic E-state index is 0.0212. The van der Waals surface area contributed by atoms with Gasteiger partial charge in [-0.25, -0.2) is 18.1 Å². The van der Waals surface area contributed by atoms with Crippen molar-refractivity contribution < 1.29 is 13.2 Å². The summed E-state index contributed by atoms with van der Waals surface area (Å²) in [5.74, 6) is 0.141. The van der Waals surface area contributed by atoms with E-state index in [1.807, 2.05) is 22.8 Å². The maximum Gasteiger partial charge on any atom is 0.265 e. The predicted octanol–water partition coefficient (Wildman–Crippen LogP) is 5.61. The maximum absolute atomic E-state index is 12.8. The molecule has 1 N–H and O–H groups in total. The van der Waals surface area contributed by atoms with Crippen LogP contribution in [0.5, 0.6) is 0 Å². The van der Waals surface area contributed by atoms with E-state index in [0.717, 1.165) is 16.7 Å². The smallest absolute Gasteiger partial charge is 0.265 e. The molecule has 0 fully saturated rings. The summed E-state index contributed by atoms with van der Waals surface area (Å²) >= 11 is 6.19. The Kier molecular flexibility index (Phi) is 6.59. The molecule has 5 rings (SSSR count). The molecule has 0 saturated heterocycles. The first-order valence-electron chi connectivity index (χ1n) is 11.3. The monoisotopic (exact) mass is 515 g/mol. The quantitative estimate of drug-likeness (QED) is 0.286. The molecule has 0 unspecified atom stereocenters. The molecule has 6 nitrogen and oxygen atoms in total. The fraction of sp³-hybridized carbons (Fsp3) is 0.0714. The molecule has 1 heterocycles. The summed E-state index contributed by atoms with van der Waals surface area (Å²) in [6.45, 7) is 0.501. The van der Waals surface area contributed by atoms with Crippen molar-refractivity contribution in [2.45, 2.75) is 17.3 Å². The van der Waals surface area contributed by atoms with Gasteiger partial charge >= 0.3 is 0 Å². The van der Waals surface area contributed by atoms with E-state index in [4.69, 9.17) is 11.6 Å². The van der Waals surface area contributed by atoms with Crippen LogP contribution in [0.15, 0.2) is 108 Å². The number of fused-ring (bicyclic) bond motifs is 1. The molecule has 4 aromatic carbocycles. The van der Waals surface area contributed by atoms with Crippen molar-refractivity contribution in [2.24, 2.45) is 0 Å². The van der Waals surface area contributed by atoms with Crippen LogP contribution in [-0.2, 0) is 22.4 Å². The zero-order valence-corrected chi connectivity index (χ0v) is 20.7. The SMILES string of the molecule is O=C(NS(=O)(=O)c1ccccc1)c1ccc2nc(CCl)n(Cc3ccc(-c4ccccc4)cc3)c2c1. The molecule has 8 heteroatoms. The highest BCUT2D eigenvalue weighted by Crippen LogP contribution is 2.24. The number of hydrogen-bond donors (Lipinski definition) is 1. The van der Waals surface area contributed by atoms with E-state index in [2.05, 4.69) is 46.1 Å². The fourth-order valence-corrected chi connectivity index (χ4v) is 5.25. The number of sulfonamides is 1. The third-order valence-corrected chi connectivity index (χ3v) is 7.48. The third-order valence-electron chi connectivity index (χ3n) is 5.89. The number of carbonyl (C=O) groups excluding carboxylic acids is 1. The highest BCUT2D eigenvalue weighted by Gasteiger charge is 2.20. The van der Waals surface area contributed by atoms with Gasteiger partial charge in [-0.1, -0.05) is 72.8 Å². The number of alkyl halides is 1. The normalized spacial score (nSPS) is 11.5. The number of carbonyl (C=O) groups is 1. The van der Waals surface area contributed by atoms with Crippen LogP contribution in [-0.4, -0.2) is 23.9 Å². The molecule has 5 aromatic rings. The van der Waals surface area contributed by atoms with Crippen molar-refractivity contribution in [3.05, 3.63) is 120 Å². The van der Waals surface area contributed by atoms with Gasteiger partial charge in [0.15, 0.2) is 0 Å². The summed E-state index contributed by atoms with van der Waals surface area (Å²) in [7, 11) is -3.99. The largest absolute Gasteiger partial charge is 0.322 e. The Balaban J connectivity index is 1.44. The molecule has 1 aromatic heterocycles. The molecule has 0 aliphatic rings. The van der Waals surface area contributed by atoms with E-state index in [1.165, 1.54) is 12.1 Å². The van der Waals surface area contributed by atoms with Gasteiger partial charge < -0.3 is 4.57 Å². The van der Waals surface area contributed by atoms with Gasteiger partial charge in [-0.2, -0.15) is 0 Å². The van der Waals surface area contributed by atoms with E-state index in [1.54, 1.807) is 36.4 Å². The Hall–Kier alpha value is -3.94. The van der Waals surface area contributed by atoms with Gasteiger partial charge in [0.05, 0.1) is 21.8 Å². The standard InChI is InChI=1S/C28H22ClN3O3S/c29-18-27-30-25-16-15-23(28(33)31-36(34,35)24-9-5-2-6-10-24)17-26(25)32(27)19-20-11-13-22(14-12-20)21-7-3-1-4-8-21/h1-17H,18-19H2,(H,31,33). The third kappa shape index (κ3) is 4.89. The fourth-order valence-electron chi connectivity index (χ4n) is 4.05. The molecule has 0 spiro atoms. The number of nitrogens with one attached hydrogen (secondary N) is 1. The number of benzene rings is 4. The summed E-state index contributed by atoms with van der Waals surface area (Å²) in [6.07, 6.45) is 0. The first kappa shape index (κ1) is 23.8. The number of amides is 1. The molecule has 0 atom stereocenters. The van der Waals surface area contributed by atoms with Crippen molar-refractivity contribution in [1.29, 1.82) is 0 Å². The molecule has 0 aliphatic carbocycles. The Labute approximate surface area is 214 Å². The molecule has 0 radical (unpaired) electrons. The average Bonchev–Trinajstić information content (AvgIpc) is 3.26. The van der Waals surface area contributed by atoms with Gasteiger partial charge in [0.25, 0.3) is 15.9 Å². The highest BCUT2D eigenvalue weighted by molar-refractivity contribution is 7.90. The van der Waals surface area contributed by atoms with Crippen LogP contribution in [0.4, 0.5) is 0 Å². The number of hydrogen-bond acceptors (Lipinski definition) is 4. The van der Waals surface area contributed by atoms with Gasteiger partial charge in [0, 0.05) is 12.1 Å². The second-order valence-electron chi connectivity index (χ2n) is 8.26. The lowest BCUT2D eigenvalue weighted by Crippen LogP contribution is -2.30. The topological polar surface area (TPSA) is 81.1 Å². The first-order valence-corrected chi connectivity index (χ1v) is 13.3. The molecule has 0 saturated carbocycles. The summed E-state index contributed by atoms with van der Waals surface area (Å²) in [6, 6.07) is 31.0. The Morgan fingerprint density at radius 3 is 2.14 bits per heavy atom. The van der Waals surface area contributed by atoms with E-state index in [9.17, 15) is 13.2 Å². The number of halogens is 1. The van der Waals surface area contributed by atoms with Crippen molar-refractivity contribution in [1.82, 2.24) is 14.3 Å². The summed E-state index contributed by atoms with van der Waals surface area (Å²) < 4.78 is 29.3. The van der Waals surface area contributed by atoms with E-state index in [-0.39, 0.29) is 16.3 Å². The average molecular weight is 516 g/mol. The van der Waals surface area contributed by atoms with Crippen LogP contribution in [0, 0.1) is 0 Å². The molecular weight excluding hydrogens is 494 g/mol. The lowest BCUT2D eigenvalue weighted by molar-refractivity contribution is 0.0981. The molecule has 0 bridgehead atoms. The van der Waals surface area contributed by atoms with Gasteiger partial charge in [-0.3, -0.25) is 4.79 Å². The molecular formula is C28H22ClN3O3S. The second kappa shape index (κ2) is 9.97. The first-order chi connectivity index (χ1) is 17.4. The van der Waals surface area contributed by atoms with Crippen LogP contribution in [0.3, 0.4) is 0 Å². The van der Waals surface area contributed by atoms with Crippen molar-refractivity contribution in [3.8, 4) is 11.1 Å².